The number of aromatic nitrogens is 1. The van der Waals surface area contributed by atoms with E-state index in [9.17, 15) is 0 Å². The number of halogens is 1. The molecule has 12 heavy (non-hydrogen) atoms. The Morgan fingerprint density at radius 3 is 3.33 bits per heavy atom. The minimum absolute atomic E-state index is 0.728. The van der Waals surface area contributed by atoms with Gasteiger partial charge >= 0.3 is 0 Å². The summed E-state index contributed by atoms with van der Waals surface area (Å²) in [7, 11) is 1.60. The Hall–Kier alpha value is -0.01000. The lowest BCUT2D eigenvalue weighted by Gasteiger charge is -2.16. The van der Waals surface area contributed by atoms with Gasteiger partial charge < -0.3 is 0 Å². The molecule has 1 aromatic rings. The molecule has 3 nitrogen and oxygen atoms in total. The van der Waals surface area contributed by atoms with E-state index in [1.54, 1.807) is 8.93 Å². The molecule has 1 aromatic heterocycles. The molecule has 64 valence electrons. The third-order valence-corrected chi connectivity index (χ3v) is 3.41. The van der Waals surface area contributed by atoms with Crippen molar-refractivity contribution < 1.29 is 4.84 Å². The maximum absolute atomic E-state index is 5.07. The van der Waals surface area contributed by atoms with Crippen molar-refractivity contribution in [2.75, 3.05) is 12.1 Å². The summed E-state index contributed by atoms with van der Waals surface area (Å²) in [6.07, 6.45) is 0.946. The number of hydrogen-bond donors (Lipinski definition) is 1. The third-order valence-electron chi connectivity index (χ3n) is 1.67. The molecule has 0 aliphatic carbocycles. The summed E-state index contributed by atoms with van der Waals surface area (Å²) in [6.45, 7) is 0.728. The molecule has 0 atom stereocenters. The van der Waals surface area contributed by atoms with Crippen molar-refractivity contribution in [1.82, 2.24) is 4.98 Å². The minimum Gasteiger partial charge on any atom is -0.274 e. The van der Waals surface area contributed by atoms with Gasteiger partial charge in [0.25, 0.3) is 0 Å². The van der Waals surface area contributed by atoms with Gasteiger partial charge in [0.1, 0.15) is 5.03 Å². The molecule has 2 heterocycles. The molecular formula is C7H7IN2OS. The average molecular weight is 294 g/mol. The van der Waals surface area contributed by atoms with E-state index in [1.807, 2.05) is 6.07 Å². The van der Waals surface area contributed by atoms with E-state index in [2.05, 4.69) is 37.7 Å². The van der Waals surface area contributed by atoms with Crippen LogP contribution in [0.5, 0.6) is 0 Å². The highest BCUT2D eigenvalue weighted by Gasteiger charge is 2.10. The van der Waals surface area contributed by atoms with Crippen LogP contribution in [0.25, 0.3) is 0 Å². The highest BCUT2D eigenvalue weighted by atomic mass is 127. The molecule has 0 aromatic carbocycles. The van der Waals surface area contributed by atoms with Gasteiger partial charge in [-0.25, -0.2) is 10.5 Å². The first-order valence-electron chi connectivity index (χ1n) is 3.56. The first kappa shape index (κ1) is 8.58. The molecule has 5 heteroatoms. The Morgan fingerprint density at radius 1 is 1.58 bits per heavy atom. The Kier molecular flexibility index (Phi) is 2.72. The van der Waals surface area contributed by atoms with Gasteiger partial charge in [0.05, 0.1) is 6.61 Å². The number of pyridine rings is 1. The monoisotopic (exact) mass is 294 g/mol. The van der Waals surface area contributed by atoms with Gasteiger partial charge in [-0.3, -0.25) is 4.84 Å². The van der Waals surface area contributed by atoms with Crippen molar-refractivity contribution in [2.45, 2.75) is 11.4 Å². The van der Waals surface area contributed by atoms with Gasteiger partial charge in [-0.05, 0) is 20.6 Å². The van der Waals surface area contributed by atoms with Crippen LogP contribution in [0, 0.1) is 0 Å². The number of hydrogen-bond acceptors (Lipinski definition) is 4. The SMILES string of the molecule is ISc1ccc2c(n1)NOCC2. The van der Waals surface area contributed by atoms with Crippen LogP contribution >= 0.6 is 30.1 Å². The van der Waals surface area contributed by atoms with Crippen LogP contribution in [0.2, 0.25) is 0 Å². The van der Waals surface area contributed by atoms with E-state index in [4.69, 9.17) is 4.84 Å². The lowest BCUT2D eigenvalue weighted by molar-refractivity contribution is 0.185. The molecule has 0 radical (unpaired) electrons. The van der Waals surface area contributed by atoms with Gasteiger partial charge in [-0.2, -0.15) is 0 Å². The molecule has 1 aliphatic rings. The normalized spacial score (nSPS) is 15.1. The highest BCUT2D eigenvalue weighted by Crippen LogP contribution is 2.27. The smallest absolute Gasteiger partial charge is 0.154 e. The lowest BCUT2D eigenvalue weighted by atomic mass is 10.2. The lowest BCUT2D eigenvalue weighted by Crippen LogP contribution is -2.15. The second-order valence-corrected chi connectivity index (χ2v) is 4.33. The Morgan fingerprint density at radius 2 is 2.50 bits per heavy atom. The number of fused-ring (bicyclic) bond motifs is 1. The summed E-state index contributed by atoms with van der Waals surface area (Å²) in [4.78, 5) is 9.42. The zero-order chi connectivity index (χ0) is 8.39. The fraction of sp³-hybridized carbons (Fsp3) is 0.286. The van der Waals surface area contributed by atoms with E-state index in [1.165, 1.54) is 5.56 Å². The summed E-state index contributed by atoms with van der Waals surface area (Å²) >= 11 is 2.21. The van der Waals surface area contributed by atoms with Crippen LogP contribution in [0.3, 0.4) is 0 Å². The van der Waals surface area contributed by atoms with Crippen molar-refractivity contribution in [3.63, 3.8) is 0 Å². The molecule has 1 aliphatic heterocycles. The predicted octanol–water partition coefficient (Wildman–Crippen LogP) is 2.42. The molecule has 2 rings (SSSR count). The zero-order valence-corrected chi connectivity index (χ0v) is 9.18. The molecule has 1 N–H and O–H groups in total. The van der Waals surface area contributed by atoms with Crippen LogP contribution in [0.1, 0.15) is 5.56 Å². The number of rotatable bonds is 1. The van der Waals surface area contributed by atoms with E-state index in [-0.39, 0.29) is 0 Å². The number of nitrogens with zero attached hydrogens (tertiary/aromatic N) is 1. The molecule has 0 spiro atoms. The van der Waals surface area contributed by atoms with Crippen molar-refractivity contribution in [1.29, 1.82) is 0 Å². The first-order valence-corrected chi connectivity index (χ1v) is 6.92. The molecule has 0 fully saturated rings. The Bertz CT molecular complexity index is 295. The first-order chi connectivity index (χ1) is 5.90. The summed E-state index contributed by atoms with van der Waals surface area (Å²) in [6, 6.07) is 4.13. The van der Waals surface area contributed by atoms with Gasteiger partial charge in [-0.1, -0.05) is 6.07 Å². The van der Waals surface area contributed by atoms with E-state index in [0.717, 1.165) is 23.9 Å². The standard InChI is InChI=1S/C7H7IN2OS/c8-12-6-2-1-5-3-4-11-10-7(5)9-6/h1-2H,3-4H2,(H,9,10). The molecule has 0 bridgehead atoms. The summed E-state index contributed by atoms with van der Waals surface area (Å²) in [5.74, 6) is 0.864. The molecule has 0 unspecified atom stereocenters. The second-order valence-electron chi connectivity index (χ2n) is 2.43. The number of anilines is 1. The van der Waals surface area contributed by atoms with Crippen LogP contribution < -0.4 is 5.48 Å². The van der Waals surface area contributed by atoms with Crippen molar-refractivity contribution in [3.05, 3.63) is 17.7 Å². The highest BCUT2D eigenvalue weighted by molar-refractivity contribution is 14.2. The van der Waals surface area contributed by atoms with Crippen LogP contribution in [-0.2, 0) is 11.3 Å². The van der Waals surface area contributed by atoms with Crippen LogP contribution in [-0.4, -0.2) is 11.6 Å². The van der Waals surface area contributed by atoms with E-state index in [0.29, 0.717) is 0 Å². The maximum Gasteiger partial charge on any atom is 0.154 e. The van der Waals surface area contributed by atoms with Crippen LogP contribution in [0.15, 0.2) is 17.2 Å². The Balaban J connectivity index is 2.36. The van der Waals surface area contributed by atoms with Crippen molar-refractivity contribution in [2.24, 2.45) is 0 Å². The van der Waals surface area contributed by atoms with E-state index >= 15 is 0 Å². The fourth-order valence-electron chi connectivity index (χ4n) is 1.08. The predicted molar refractivity (Wildman–Crippen MR) is 57.4 cm³/mol. The second kappa shape index (κ2) is 3.80. The van der Waals surface area contributed by atoms with Crippen molar-refractivity contribution >= 4 is 36.0 Å². The molecule has 0 saturated heterocycles. The summed E-state index contributed by atoms with van der Waals surface area (Å²) < 4.78 is 0. The fourth-order valence-corrected chi connectivity index (χ4v) is 2.06. The van der Waals surface area contributed by atoms with Gasteiger partial charge in [0.15, 0.2) is 5.82 Å². The Labute approximate surface area is 86.8 Å². The third kappa shape index (κ3) is 1.67. The summed E-state index contributed by atoms with van der Waals surface area (Å²) in [5.41, 5.74) is 4.04. The topological polar surface area (TPSA) is 34.2 Å². The minimum atomic E-state index is 0.728. The molecule has 0 saturated carbocycles. The number of nitrogens with one attached hydrogen (secondary N) is 1. The van der Waals surface area contributed by atoms with E-state index < -0.39 is 0 Å². The molecular weight excluding hydrogens is 287 g/mol. The average Bonchev–Trinajstić information content (AvgIpc) is 2.17. The zero-order valence-electron chi connectivity index (χ0n) is 6.21. The quantitative estimate of drug-likeness (QED) is 0.807. The van der Waals surface area contributed by atoms with Gasteiger partial charge in [-0.15, -0.1) is 0 Å². The summed E-state index contributed by atoms with van der Waals surface area (Å²) in [5, 5.41) is 1.01. The van der Waals surface area contributed by atoms with Gasteiger partial charge in [0, 0.05) is 27.6 Å². The molecule has 0 amide bonds. The van der Waals surface area contributed by atoms with Crippen LogP contribution in [0.4, 0.5) is 5.82 Å². The maximum atomic E-state index is 5.07. The largest absolute Gasteiger partial charge is 0.274 e. The van der Waals surface area contributed by atoms with Crippen molar-refractivity contribution in [3.8, 4) is 0 Å². The van der Waals surface area contributed by atoms with Gasteiger partial charge in [0.2, 0.25) is 0 Å².